The largest absolute Gasteiger partial charge is 0.354 e. The van der Waals surface area contributed by atoms with Crippen LogP contribution in [0.3, 0.4) is 0 Å². The quantitative estimate of drug-likeness (QED) is 0.170. The van der Waals surface area contributed by atoms with Crippen LogP contribution in [0, 0.1) is 5.41 Å². The van der Waals surface area contributed by atoms with Crippen LogP contribution >= 0.6 is 0 Å². The standard InChI is InChI=1S/C45H33N5/c1-30(42-39-26-12-11-21-36(39)29-40(47-42)31-15-5-2-6-16-31)41(46)37-24-13-22-34(27-37)35-23-14-25-38(28-35)45-49-43(32-17-7-3-8-18-32)48-44(50-45)33-19-9-4-10-20-33/h2-29,46-47H,1H3/b42-30-,46-41?. The lowest BCUT2D eigenvalue weighted by atomic mass is 9.91. The van der Waals surface area contributed by atoms with Crippen LogP contribution in [0.4, 0.5) is 0 Å². The molecule has 50 heavy (non-hydrogen) atoms. The monoisotopic (exact) mass is 643 g/mol. The van der Waals surface area contributed by atoms with Gasteiger partial charge in [0.2, 0.25) is 0 Å². The molecular weight excluding hydrogens is 611 g/mol. The highest BCUT2D eigenvalue weighted by molar-refractivity contribution is 6.16. The molecule has 0 fully saturated rings. The van der Waals surface area contributed by atoms with Crippen molar-refractivity contribution in [3.8, 4) is 45.3 Å². The average molecular weight is 644 g/mol. The zero-order valence-corrected chi connectivity index (χ0v) is 27.5. The maximum absolute atomic E-state index is 9.39. The molecule has 5 heteroatoms. The molecule has 0 saturated heterocycles. The molecule has 0 unspecified atom stereocenters. The fraction of sp³-hybridized carbons (Fsp3) is 0.0222. The van der Waals surface area contributed by atoms with E-state index in [2.05, 4.69) is 66.0 Å². The predicted molar refractivity (Wildman–Crippen MR) is 205 cm³/mol. The molecule has 8 rings (SSSR count). The van der Waals surface area contributed by atoms with Gasteiger partial charge >= 0.3 is 0 Å². The summed E-state index contributed by atoms with van der Waals surface area (Å²) in [4.78, 5) is 14.7. The van der Waals surface area contributed by atoms with E-state index in [1.807, 2.05) is 116 Å². The number of allylic oxidation sites excluding steroid dienone is 1. The van der Waals surface area contributed by atoms with Crippen molar-refractivity contribution in [3.05, 3.63) is 192 Å². The average Bonchev–Trinajstić information content (AvgIpc) is 3.21. The third-order valence-electron chi connectivity index (χ3n) is 8.93. The van der Waals surface area contributed by atoms with Crippen molar-refractivity contribution in [1.82, 2.24) is 20.3 Å². The van der Waals surface area contributed by atoms with Crippen molar-refractivity contribution in [2.45, 2.75) is 6.92 Å². The molecule has 2 heterocycles. The fourth-order valence-corrected chi connectivity index (χ4v) is 6.28. The molecule has 1 aromatic heterocycles. The van der Waals surface area contributed by atoms with Crippen LogP contribution in [0.25, 0.3) is 62.8 Å². The van der Waals surface area contributed by atoms with Crippen LogP contribution in [0.15, 0.2) is 169 Å². The summed E-state index contributed by atoms with van der Waals surface area (Å²) in [6, 6.07) is 55.1. The Balaban J connectivity index is 1.15. The van der Waals surface area contributed by atoms with Gasteiger partial charge in [-0.3, -0.25) is 5.41 Å². The van der Waals surface area contributed by atoms with Crippen LogP contribution in [0.2, 0.25) is 0 Å². The van der Waals surface area contributed by atoms with Gasteiger partial charge in [0.25, 0.3) is 0 Å². The van der Waals surface area contributed by atoms with Crippen LogP contribution < -0.4 is 5.32 Å². The first kappa shape index (κ1) is 30.6. The van der Waals surface area contributed by atoms with E-state index in [0.29, 0.717) is 23.2 Å². The Morgan fingerprint density at radius 1 is 0.480 bits per heavy atom. The Bertz CT molecular complexity index is 2350. The zero-order valence-electron chi connectivity index (χ0n) is 27.5. The summed E-state index contributed by atoms with van der Waals surface area (Å²) >= 11 is 0. The van der Waals surface area contributed by atoms with Gasteiger partial charge in [0.15, 0.2) is 17.5 Å². The summed E-state index contributed by atoms with van der Waals surface area (Å²) in [5, 5.41) is 13.0. The fourth-order valence-electron chi connectivity index (χ4n) is 6.28. The van der Waals surface area contributed by atoms with Crippen LogP contribution in [0.1, 0.15) is 29.2 Å². The SMILES string of the molecule is C/C(C(=N)c1cccc(-c2cccc(-c3nc(-c4ccccc4)nc(-c4ccccc4)n3)c2)c1)=C1/NC(c2ccccc2)=Cc2ccccc21. The number of hydrogen-bond donors (Lipinski definition) is 2. The second-order valence-electron chi connectivity index (χ2n) is 12.2. The van der Waals surface area contributed by atoms with E-state index >= 15 is 0 Å². The number of benzene rings is 6. The first-order chi connectivity index (χ1) is 24.6. The summed E-state index contributed by atoms with van der Waals surface area (Å²) in [5.74, 6) is 1.86. The van der Waals surface area contributed by atoms with Crippen molar-refractivity contribution in [1.29, 1.82) is 5.41 Å². The molecular formula is C45H33N5. The summed E-state index contributed by atoms with van der Waals surface area (Å²) in [6.45, 7) is 2.03. The lowest BCUT2D eigenvalue weighted by molar-refractivity contribution is 1.07. The second-order valence-corrected chi connectivity index (χ2v) is 12.2. The highest BCUT2D eigenvalue weighted by atomic mass is 15.0. The molecule has 0 aliphatic carbocycles. The minimum atomic E-state index is 0.465. The van der Waals surface area contributed by atoms with E-state index in [4.69, 9.17) is 15.0 Å². The molecule has 0 atom stereocenters. The first-order valence-electron chi connectivity index (χ1n) is 16.6. The topological polar surface area (TPSA) is 74.5 Å². The van der Waals surface area contributed by atoms with E-state index < -0.39 is 0 Å². The molecule has 1 aliphatic heterocycles. The van der Waals surface area contributed by atoms with E-state index in [9.17, 15) is 5.41 Å². The normalized spacial score (nSPS) is 13.1. The van der Waals surface area contributed by atoms with Crippen LogP contribution in [-0.2, 0) is 0 Å². The van der Waals surface area contributed by atoms with Crippen molar-refractivity contribution >= 4 is 23.2 Å². The van der Waals surface area contributed by atoms with E-state index in [1.165, 1.54) is 0 Å². The van der Waals surface area contributed by atoms with Gasteiger partial charge in [0.05, 0.1) is 11.4 Å². The van der Waals surface area contributed by atoms with Gasteiger partial charge in [-0.25, -0.2) is 15.0 Å². The van der Waals surface area contributed by atoms with Crippen molar-refractivity contribution in [3.63, 3.8) is 0 Å². The van der Waals surface area contributed by atoms with Gasteiger partial charge < -0.3 is 5.32 Å². The molecule has 1 aliphatic rings. The summed E-state index contributed by atoms with van der Waals surface area (Å²) in [6.07, 6.45) is 2.18. The minimum absolute atomic E-state index is 0.465. The molecule has 238 valence electrons. The number of aromatic nitrogens is 3. The highest BCUT2D eigenvalue weighted by Gasteiger charge is 2.20. The minimum Gasteiger partial charge on any atom is -0.354 e. The van der Waals surface area contributed by atoms with Crippen molar-refractivity contribution in [2.24, 2.45) is 0 Å². The van der Waals surface area contributed by atoms with Gasteiger partial charge in [0.1, 0.15) is 0 Å². The number of hydrogen-bond acceptors (Lipinski definition) is 5. The lowest BCUT2D eigenvalue weighted by Crippen LogP contribution is -2.19. The van der Waals surface area contributed by atoms with E-state index in [-0.39, 0.29) is 0 Å². The predicted octanol–water partition coefficient (Wildman–Crippen LogP) is 10.4. The smallest absolute Gasteiger partial charge is 0.164 e. The molecule has 5 nitrogen and oxygen atoms in total. The molecule has 0 radical (unpaired) electrons. The Morgan fingerprint density at radius 2 is 0.960 bits per heavy atom. The highest BCUT2D eigenvalue weighted by Crippen LogP contribution is 2.33. The summed E-state index contributed by atoms with van der Waals surface area (Å²) in [5.41, 5.74) is 12.2. The lowest BCUT2D eigenvalue weighted by Gasteiger charge is -2.25. The number of nitrogens with zero attached hydrogens (tertiary/aromatic N) is 3. The zero-order chi connectivity index (χ0) is 33.9. The first-order valence-corrected chi connectivity index (χ1v) is 16.6. The van der Waals surface area contributed by atoms with Gasteiger partial charge in [-0.2, -0.15) is 0 Å². The summed E-state index contributed by atoms with van der Waals surface area (Å²) < 4.78 is 0. The molecule has 0 spiro atoms. The molecule has 0 amide bonds. The van der Waals surface area contributed by atoms with Gasteiger partial charge in [0, 0.05) is 33.5 Å². The third-order valence-corrected chi connectivity index (χ3v) is 8.93. The van der Waals surface area contributed by atoms with Crippen LogP contribution in [0.5, 0.6) is 0 Å². The Kier molecular flexibility index (Phi) is 8.21. The maximum Gasteiger partial charge on any atom is 0.164 e. The molecule has 2 N–H and O–H groups in total. The van der Waals surface area contributed by atoms with Crippen molar-refractivity contribution < 1.29 is 0 Å². The Morgan fingerprint density at radius 3 is 1.60 bits per heavy atom. The van der Waals surface area contributed by atoms with E-state index in [0.717, 1.165) is 67.0 Å². The van der Waals surface area contributed by atoms with Crippen molar-refractivity contribution in [2.75, 3.05) is 0 Å². The molecule has 0 saturated carbocycles. The van der Waals surface area contributed by atoms with Crippen LogP contribution in [-0.4, -0.2) is 20.7 Å². The molecule has 7 aromatic rings. The van der Waals surface area contributed by atoms with Gasteiger partial charge in [-0.05, 0) is 53.0 Å². The Hall–Kier alpha value is -6.72. The second kappa shape index (κ2) is 13.4. The number of nitrogens with one attached hydrogen (secondary N) is 2. The third kappa shape index (κ3) is 6.16. The maximum atomic E-state index is 9.39. The molecule has 6 aromatic carbocycles. The van der Waals surface area contributed by atoms with E-state index in [1.54, 1.807) is 0 Å². The summed E-state index contributed by atoms with van der Waals surface area (Å²) in [7, 11) is 0. The number of rotatable bonds is 7. The molecule has 0 bridgehead atoms. The number of fused-ring (bicyclic) bond motifs is 1. The Labute approximate surface area is 291 Å². The van der Waals surface area contributed by atoms with Gasteiger partial charge in [-0.15, -0.1) is 0 Å². The van der Waals surface area contributed by atoms with Gasteiger partial charge in [-0.1, -0.05) is 152 Å².